The minimum Gasteiger partial charge on any atom is -0.330 e. The number of rotatable bonds is 3. The summed E-state index contributed by atoms with van der Waals surface area (Å²) in [6.45, 7) is 6.26. The van der Waals surface area contributed by atoms with Gasteiger partial charge in [-0.1, -0.05) is 0 Å². The molecule has 0 amide bonds. The van der Waals surface area contributed by atoms with E-state index in [9.17, 15) is 0 Å². The van der Waals surface area contributed by atoms with Gasteiger partial charge in [0.2, 0.25) is 0 Å². The van der Waals surface area contributed by atoms with Gasteiger partial charge in [-0.3, -0.25) is 9.80 Å². The predicted molar refractivity (Wildman–Crippen MR) is 71.0 cm³/mol. The summed E-state index contributed by atoms with van der Waals surface area (Å²) in [6.07, 6.45) is 8.34. The molecule has 0 bridgehead atoms. The van der Waals surface area contributed by atoms with Crippen molar-refractivity contribution in [2.75, 3.05) is 32.7 Å². The maximum Gasteiger partial charge on any atom is 0.0263 e. The van der Waals surface area contributed by atoms with Crippen molar-refractivity contribution in [3.63, 3.8) is 0 Å². The predicted octanol–water partition coefficient (Wildman–Crippen LogP) is 1.28. The molecule has 3 rings (SSSR count). The van der Waals surface area contributed by atoms with Gasteiger partial charge in [0, 0.05) is 25.2 Å². The minimum absolute atomic E-state index is 0.873. The van der Waals surface area contributed by atoms with Gasteiger partial charge in [-0.15, -0.1) is 0 Å². The van der Waals surface area contributed by atoms with Crippen molar-refractivity contribution in [3.05, 3.63) is 0 Å². The molecular formula is C14H27N3. The SMILES string of the molecule is NCCC1CCCN(C2CCN3CCCC23)C1. The molecule has 3 unspecified atom stereocenters. The van der Waals surface area contributed by atoms with Crippen molar-refractivity contribution in [1.29, 1.82) is 0 Å². The summed E-state index contributed by atoms with van der Waals surface area (Å²) in [5, 5.41) is 0. The summed E-state index contributed by atoms with van der Waals surface area (Å²) >= 11 is 0. The molecule has 3 saturated heterocycles. The highest BCUT2D eigenvalue weighted by molar-refractivity contribution is 4.97. The molecule has 0 radical (unpaired) electrons. The van der Waals surface area contributed by atoms with E-state index in [4.69, 9.17) is 5.73 Å². The van der Waals surface area contributed by atoms with Gasteiger partial charge in [-0.25, -0.2) is 0 Å². The van der Waals surface area contributed by atoms with Crippen molar-refractivity contribution in [2.24, 2.45) is 11.7 Å². The van der Waals surface area contributed by atoms with Crippen LogP contribution in [0.5, 0.6) is 0 Å². The quantitative estimate of drug-likeness (QED) is 0.803. The number of hydrogen-bond acceptors (Lipinski definition) is 3. The topological polar surface area (TPSA) is 32.5 Å². The van der Waals surface area contributed by atoms with Gasteiger partial charge < -0.3 is 5.73 Å². The van der Waals surface area contributed by atoms with E-state index in [1.54, 1.807) is 0 Å². The van der Waals surface area contributed by atoms with Crippen molar-refractivity contribution in [1.82, 2.24) is 9.80 Å². The second kappa shape index (κ2) is 5.25. The Bertz CT molecular complexity index is 254. The van der Waals surface area contributed by atoms with Gasteiger partial charge in [0.1, 0.15) is 0 Å². The van der Waals surface area contributed by atoms with Crippen LogP contribution < -0.4 is 5.73 Å². The molecule has 17 heavy (non-hydrogen) atoms. The van der Waals surface area contributed by atoms with Crippen LogP contribution in [0, 0.1) is 5.92 Å². The summed E-state index contributed by atoms with van der Waals surface area (Å²) < 4.78 is 0. The summed E-state index contributed by atoms with van der Waals surface area (Å²) in [7, 11) is 0. The van der Waals surface area contributed by atoms with E-state index in [1.165, 1.54) is 64.7 Å². The van der Waals surface area contributed by atoms with E-state index in [2.05, 4.69) is 9.80 Å². The number of fused-ring (bicyclic) bond motifs is 1. The van der Waals surface area contributed by atoms with E-state index in [-0.39, 0.29) is 0 Å². The fourth-order valence-corrected chi connectivity index (χ4v) is 4.35. The van der Waals surface area contributed by atoms with Crippen LogP contribution in [0.2, 0.25) is 0 Å². The first-order valence-corrected chi connectivity index (χ1v) is 7.56. The zero-order valence-corrected chi connectivity index (χ0v) is 11.0. The van der Waals surface area contributed by atoms with Crippen LogP contribution in [-0.2, 0) is 0 Å². The van der Waals surface area contributed by atoms with E-state index in [0.717, 1.165) is 24.5 Å². The Morgan fingerprint density at radius 2 is 1.65 bits per heavy atom. The molecule has 0 aliphatic carbocycles. The molecule has 0 saturated carbocycles. The van der Waals surface area contributed by atoms with Crippen LogP contribution in [-0.4, -0.2) is 54.6 Å². The number of nitrogens with zero attached hydrogens (tertiary/aromatic N) is 2. The first-order valence-electron chi connectivity index (χ1n) is 7.56. The maximum atomic E-state index is 5.72. The molecule has 2 N–H and O–H groups in total. The number of nitrogens with two attached hydrogens (primary N) is 1. The monoisotopic (exact) mass is 237 g/mol. The third-order valence-corrected chi connectivity index (χ3v) is 5.16. The Morgan fingerprint density at radius 3 is 2.53 bits per heavy atom. The highest BCUT2D eigenvalue weighted by Gasteiger charge is 2.40. The fraction of sp³-hybridized carbons (Fsp3) is 1.00. The standard InChI is InChI=1S/C14H27N3/c15-7-5-12-3-1-9-17(11-12)14-6-10-16-8-2-4-13(14)16/h12-14H,1-11,15H2. The first kappa shape index (κ1) is 11.9. The Balaban J connectivity index is 1.60. The lowest BCUT2D eigenvalue weighted by Crippen LogP contribution is -2.47. The molecule has 98 valence electrons. The number of likely N-dealkylation sites (tertiary alicyclic amines) is 1. The van der Waals surface area contributed by atoms with Crippen LogP contribution in [0.1, 0.15) is 38.5 Å². The van der Waals surface area contributed by atoms with Gasteiger partial charge in [0.25, 0.3) is 0 Å². The molecule has 0 aromatic heterocycles. The first-order chi connectivity index (χ1) is 8.38. The lowest BCUT2D eigenvalue weighted by atomic mass is 9.92. The minimum atomic E-state index is 0.873. The van der Waals surface area contributed by atoms with E-state index < -0.39 is 0 Å². The van der Waals surface area contributed by atoms with Gasteiger partial charge in [0.05, 0.1) is 0 Å². The second-order valence-corrected chi connectivity index (χ2v) is 6.18. The van der Waals surface area contributed by atoms with Gasteiger partial charge >= 0.3 is 0 Å². The summed E-state index contributed by atoms with van der Waals surface area (Å²) in [4.78, 5) is 5.54. The molecule has 3 nitrogen and oxygen atoms in total. The fourth-order valence-electron chi connectivity index (χ4n) is 4.35. The summed E-state index contributed by atoms with van der Waals surface area (Å²) in [5.74, 6) is 0.879. The zero-order chi connectivity index (χ0) is 11.7. The van der Waals surface area contributed by atoms with Crippen molar-refractivity contribution >= 4 is 0 Å². The van der Waals surface area contributed by atoms with Crippen LogP contribution in [0.4, 0.5) is 0 Å². The molecule has 0 aromatic carbocycles. The van der Waals surface area contributed by atoms with E-state index in [0.29, 0.717) is 0 Å². The average molecular weight is 237 g/mol. The second-order valence-electron chi connectivity index (χ2n) is 6.18. The third-order valence-electron chi connectivity index (χ3n) is 5.16. The zero-order valence-electron chi connectivity index (χ0n) is 11.0. The van der Waals surface area contributed by atoms with Crippen molar-refractivity contribution in [2.45, 2.75) is 50.6 Å². The van der Waals surface area contributed by atoms with Gasteiger partial charge in [-0.2, -0.15) is 0 Å². The maximum absolute atomic E-state index is 5.72. The lowest BCUT2D eigenvalue weighted by Gasteiger charge is -2.39. The van der Waals surface area contributed by atoms with Crippen LogP contribution in [0.15, 0.2) is 0 Å². The highest BCUT2D eigenvalue weighted by atomic mass is 15.3. The van der Waals surface area contributed by atoms with Crippen molar-refractivity contribution < 1.29 is 0 Å². The lowest BCUT2D eigenvalue weighted by molar-refractivity contribution is 0.101. The Hall–Kier alpha value is -0.120. The Kier molecular flexibility index (Phi) is 3.69. The van der Waals surface area contributed by atoms with Crippen molar-refractivity contribution in [3.8, 4) is 0 Å². The Labute approximate surface area is 105 Å². The molecule has 3 aliphatic rings. The van der Waals surface area contributed by atoms with Crippen LogP contribution >= 0.6 is 0 Å². The van der Waals surface area contributed by atoms with Crippen LogP contribution in [0.3, 0.4) is 0 Å². The van der Waals surface area contributed by atoms with Gasteiger partial charge in [0.15, 0.2) is 0 Å². The molecule has 3 heterocycles. The Morgan fingerprint density at radius 1 is 0.882 bits per heavy atom. The van der Waals surface area contributed by atoms with Gasteiger partial charge in [-0.05, 0) is 64.1 Å². The average Bonchev–Trinajstić information content (AvgIpc) is 2.91. The molecule has 3 heteroatoms. The number of hydrogen-bond donors (Lipinski definition) is 1. The summed E-state index contributed by atoms with van der Waals surface area (Å²) in [5.41, 5.74) is 5.72. The molecule has 0 aromatic rings. The molecule has 3 aliphatic heterocycles. The molecule has 0 spiro atoms. The molecular weight excluding hydrogens is 210 g/mol. The smallest absolute Gasteiger partial charge is 0.0263 e. The van der Waals surface area contributed by atoms with Crippen LogP contribution in [0.25, 0.3) is 0 Å². The largest absolute Gasteiger partial charge is 0.330 e. The third kappa shape index (κ3) is 2.38. The number of piperidine rings is 1. The van der Waals surface area contributed by atoms with E-state index >= 15 is 0 Å². The summed E-state index contributed by atoms with van der Waals surface area (Å²) in [6, 6.07) is 1.77. The molecule has 3 fully saturated rings. The normalized spacial score (nSPS) is 39.7. The highest BCUT2D eigenvalue weighted by Crippen LogP contribution is 2.33. The van der Waals surface area contributed by atoms with E-state index in [1.807, 2.05) is 0 Å². The molecule has 3 atom stereocenters.